The van der Waals surface area contributed by atoms with Gasteiger partial charge in [0.25, 0.3) is 5.91 Å². The summed E-state index contributed by atoms with van der Waals surface area (Å²) in [7, 11) is 0. The maximum absolute atomic E-state index is 13.2. The third-order valence-electron chi connectivity index (χ3n) is 5.22. The molecule has 36 heavy (non-hydrogen) atoms. The van der Waals surface area contributed by atoms with E-state index in [1.54, 1.807) is 41.3 Å². The quantitative estimate of drug-likeness (QED) is 0.256. The molecule has 6 nitrogen and oxygen atoms in total. The third kappa shape index (κ3) is 6.90. The maximum atomic E-state index is 13.2. The molecule has 0 aliphatic rings. The van der Waals surface area contributed by atoms with Gasteiger partial charge in [-0.3, -0.25) is 9.69 Å². The van der Waals surface area contributed by atoms with E-state index < -0.39 is 17.6 Å². The Morgan fingerprint density at radius 3 is 2.56 bits per heavy atom. The highest BCUT2D eigenvalue weighted by molar-refractivity contribution is 6.35. The lowest BCUT2D eigenvalue weighted by atomic mass is 10.1. The van der Waals surface area contributed by atoms with Gasteiger partial charge in [-0.05, 0) is 41.5 Å². The number of halogens is 5. The van der Waals surface area contributed by atoms with Gasteiger partial charge in [0.2, 0.25) is 5.89 Å². The first-order chi connectivity index (χ1) is 17.2. The maximum Gasteiger partial charge on any atom is 0.416 e. The largest absolute Gasteiger partial charge is 0.467 e. The van der Waals surface area contributed by atoms with Gasteiger partial charge >= 0.3 is 6.18 Å². The molecule has 0 atom stereocenters. The highest BCUT2D eigenvalue weighted by atomic mass is 35.5. The first-order valence-corrected chi connectivity index (χ1v) is 11.5. The smallest absolute Gasteiger partial charge is 0.416 e. The monoisotopic (exact) mass is 537 g/mol. The first kappa shape index (κ1) is 25.8. The minimum atomic E-state index is -4.46. The van der Waals surface area contributed by atoms with Gasteiger partial charge in [0, 0.05) is 23.1 Å². The van der Waals surface area contributed by atoms with Crippen molar-refractivity contribution in [3.8, 4) is 0 Å². The fraction of sp³-hybridized carbons (Fsp3) is 0.200. The molecule has 2 heterocycles. The van der Waals surface area contributed by atoms with Crippen molar-refractivity contribution in [3.63, 3.8) is 0 Å². The summed E-state index contributed by atoms with van der Waals surface area (Å²) >= 11 is 12.3. The van der Waals surface area contributed by atoms with Crippen LogP contribution < -0.4 is 5.32 Å². The Morgan fingerprint density at radius 2 is 1.83 bits per heavy atom. The van der Waals surface area contributed by atoms with Gasteiger partial charge < -0.3 is 14.2 Å². The van der Waals surface area contributed by atoms with E-state index in [0.717, 1.165) is 17.7 Å². The van der Waals surface area contributed by atoms with Gasteiger partial charge in [-0.15, -0.1) is 0 Å². The average molecular weight is 538 g/mol. The predicted molar refractivity (Wildman–Crippen MR) is 127 cm³/mol. The van der Waals surface area contributed by atoms with Crippen LogP contribution in [0.2, 0.25) is 10.0 Å². The fourth-order valence-electron chi connectivity index (χ4n) is 3.51. The number of benzene rings is 2. The number of hydrogen-bond donors (Lipinski definition) is 1. The van der Waals surface area contributed by atoms with Gasteiger partial charge in [-0.1, -0.05) is 47.5 Å². The van der Waals surface area contributed by atoms with Gasteiger partial charge in [-0.25, -0.2) is 4.98 Å². The molecule has 2 aromatic carbocycles. The highest BCUT2D eigenvalue weighted by Crippen LogP contribution is 2.30. The Labute approximate surface area is 214 Å². The van der Waals surface area contributed by atoms with Crippen molar-refractivity contribution >= 4 is 29.1 Å². The second-order valence-corrected chi connectivity index (χ2v) is 8.81. The summed E-state index contributed by atoms with van der Waals surface area (Å²) in [4.78, 5) is 18.5. The molecule has 4 aromatic rings. The molecule has 4 rings (SSSR count). The number of carbonyl (C=O) groups excluding carboxylic acids is 1. The van der Waals surface area contributed by atoms with Crippen LogP contribution in [0.3, 0.4) is 0 Å². The van der Waals surface area contributed by atoms with Crippen molar-refractivity contribution in [1.29, 1.82) is 0 Å². The Bertz CT molecular complexity index is 1320. The lowest BCUT2D eigenvalue weighted by Crippen LogP contribution is -2.24. The number of carbonyl (C=O) groups is 1. The van der Waals surface area contributed by atoms with Crippen LogP contribution in [0.4, 0.5) is 13.2 Å². The number of nitrogens with zero attached hydrogens (tertiary/aromatic N) is 2. The van der Waals surface area contributed by atoms with Crippen molar-refractivity contribution < 1.29 is 26.8 Å². The lowest BCUT2D eigenvalue weighted by molar-refractivity contribution is -0.137. The number of furan rings is 1. The molecule has 0 aliphatic heterocycles. The van der Waals surface area contributed by atoms with Crippen molar-refractivity contribution in [1.82, 2.24) is 15.2 Å². The van der Waals surface area contributed by atoms with E-state index in [0.29, 0.717) is 21.4 Å². The van der Waals surface area contributed by atoms with Crippen LogP contribution in [-0.2, 0) is 32.4 Å². The molecule has 0 aliphatic carbocycles. The van der Waals surface area contributed by atoms with Crippen LogP contribution in [0.25, 0.3) is 0 Å². The molecule has 0 bridgehead atoms. The van der Waals surface area contributed by atoms with E-state index >= 15 is 0 Å². The van der Waals surface area contributed by atoms with Crippen molar-refractivity contribution in [2.45, 2.75) is 32.4 Å². The molecule has 0 spiro atoms. The minimum Gasteiger partial charge on any atom is -0.467 e. The minimum absolute atomic E-state index is 0.0695. The normalized spacial score (nSPS) is 11.7. The topological polar surface area (TPSA) is 71.5 Å². The van der Waals surface area contributed by atoms with Gasteiger partial charge in [0.15, 0.2) is 5.69 Å². The number of alkyl halides is 3. The number of oxazole rings is 1. The Morgan fingerprint density at radius 1 is 1.00 bits per heavy atom. The zero-order valence-electron chi connectivity index (χ0n) is 18.7. The summed E-state index contributed by atoms with van der Waals surface area (Å²) in [6.45, 7) is 0.714. The summed E-state index contributed by atoms with van der Waals surface area (Å²) < 4.78 is 50.3. The Hall–Kier alpha value is -3.27. The van der Waals surface area contributed by atoms with Crippen molar-refractivity contribution in [3.05, 3.63) is 111 Å². The molecule has 11 heteroatoms. The molecule has 188 valence electrons. The number of rotatable bonds is 9. The lowest BCUT2D eigenvalue weighted by Gasteiger charge is -2.22. The zero-order chi connectivity index (χ0) is 25.7. The number of aromatic nitrogens is 1. The van der Waals surface area contributed by atoms with E-state index in [2.05, 4.69) is 10.3 Å². The number of nitrogens with one attached hydrogen (secondary N) is 1. The summed E-state index contributed by atoms with van der Waals surface area (Å²) in [5.74, 6) is 0.348. The van der Waals surface area contributed by atoms with E-state index in [1.807, 2.05) is 0 Å². The molecule has 1 amide bonds. The third-order valence-corrected chi connectivity index (χ3v) is 5.80. The van der Waals surface area contributed by atoms with Crippen molar-refractivity contribution in [2.75, 3.05) is 0 Å². The molecule has 0 fully saturated rings. The summed E-state index contributed by atoms with van der Waals surface area (Å²) in [5, 5.41) is 3.56. The van der Waals surface area contributed by atoms with Crippen LogP contribution in [0.15, 0.2) is 76.0 Å². The van der Waals surface area contributed by atoms with Crippen LogP contribution in [0.1, 0.15) is 38.8 Å². The van der Waals surface area contributed by atoms with Crippen LogP contribution >= 0.6 is 23.2 Å². The summed E-state index contributed by atoms with van der Waals surface area (Å²) in [6.07, 6.45) is -1.73. The number of hydrogen-bond acceptors (Lipinski definition) is 5. The van der Waals surface area contributed by atoms with Crippen LogP contribution in [-0.4, -0.2) is 15.8 Å². The van der Waals surface area contributed by atoms with Gasteiger partial charge in [-0.2, -0.15) is 13.2 Å². The van der Waals surface area contributed by atoms with E-state index in [-0.39, 0.29) is 37.8 Å². The van der Waals surface area contributed by atoms with Gasteiger partial charge in [0.05, 0.1) is 24.9 Å². The fourth-order valence-corrected chi connectivity index (χ4v) is 3.98. The van der Waals surface area contributed by atoms with Gasteiger partial charge in [0.1, 0.15) is 12.0 Å². The first-order valence-electron chi connectivity index (χ1n) is 10.7. The van der Waals surface area contributed by atoms with Crippen LogP contribution in [0, 0.1) is 0 Å². The molecular weight excluding hydrogens is 518 g/mol. The average Bonchev–Trinajstić information content (AvgIpc) is 3.51. The molecule has 2 aromatic heterocycles. The zero-order valence-corrected chi connectivity index (χ0v) is 20.2. The Kier molecular flexibility index (Phi) is 8.03. The highest BCUT2D eigenvalue weighted by Gasteiger charge is 2.30. The molecular formula is C25H20Cl2F3N3O3. The number of amides is 1. The van der Waals surface area contributed by atoms with E-state index in [4.69, 9.17) is 32.0 Å². The summed E-state index contributed by atoms with van der Waals surface area (Å²) in [5.41, 5.74) is 0.491. The summed E-state index contributed by atoms with van der Waals surface area (Å²) in [6, 6.07) is 13.5. The molecule has 1 N–H and O–H groups in total. The van der Waals surface area contributed by atoms with E-state index in [9.17, 15) is 18.0 Å². The SMILES string of the molecule is O=C(NCc1ccco1)c1coc(CN(Cc2cccc(C(F)(F)F)c2)Cc2ccc(Cl)cc2Cl)n1. The van der Waals surface area contributed by atoms with Crippen LogP contribution in [0.5, 0.6) is 0 Å². The second-order valence-electron chi connectivity index (χ2n) is 7.97. The molecule has 0 saturated carbocycles. The standard InChI is InChI=1S/C25H20Cl2F3N3O3/c26-19-7-6-17(21(27)10-19)13-33(12-16-3-1-4-18(9-16)25(28,29)30)14-23-32-22(15-36-23)24(34)31-11-20-5-2-8-35-20/h1-10,15H,11-14H2,(H,31,34). The predicted octanol–water partition coefficient (Wildman–Crippen LogP) is 6.73. The molecule has 0 unspecified atom stereocenters. The second kappa shape index (κ2) is 11.2. The Balaban J connectivity index is 1.51. The van der Waals surface area contributed by atoms with Crippen molar-refractivity contribution in [2.24, 2.45) is 0 Å². The van der Waals surface area contributed by atoms with E-state index in [1.165, 1.54) is 18.6 Å². The molecule has 0 saturated heterocycles. The molecule has 0 radical (unpaired) electrons.